The molecule has 2 heterocycles. The minimum Gasteiger partial charge on any atom is -0.331 e. The average molecular weight is 365 g/mol. The highest BCUT2D eigenvalue weighted by molar-refractivity contribution is 6.00. The van der Waals surface area contributed by atoms with Gasteiger partial charge in [-0.15, -0.1) is 10.2 Å². The molecule has 0 bridgehead atoms. The van der Waals surface area contributed by atoms with Crippen molar-refractivity contribution in [3.8, 4) is 0 Å². The first kappa shape index (κ1) is 17.4. The molecule has 1 aromatic carbocycles. The zero-order chi connectivity index (χ0) is 18.6. The SMILES string of the molecule is Cc1cc2c(NC(=O)NCc3nncn3C3CCCCC3)cccc2nn1. The molecule has 0 aliphatic heterocycles. The molecule has 8 heteroatoms. The van der Waals surface area contributed by atoms with Gasteiger partial charge in [0.2, 0.25) is 0 Å². The number of fused-ring (bicyclic) bond motifs is 1. The van der Waals surface area contributed by atoms with E-state index in [1.54, 1.807) is 6.33 Å². The third-order valence-electron chi connectivity index (χ3n) is 5.02. The van der Waals surface area contributed by atoms with Crippen LogP contribution in [0.2, 0.25) is 0 Å². The van der Waals surface area contributed by atoms with Gasteiger partial charge in [0, 0.05) is 11.4 Å². The lowest BCUT2D eigenvalue weighted by Gasteiger charge is -2.24. The van der Waals surface area contributed by atoms with E-state index in [9.17, 15) is 4.79 Å². The molecule has 0 atom stereocenters. The second-order valence-electron chi connectivity index (χ2n) is 6.98. The van der Waals surface area contributed by atoms with Gasteiger partial charge in [0.25, 0.3) is 0 Å². The Bertz CT molecular complexity index is 946. The molecule has 0 saturated heterocycles. The van der Waals surface area contributed by atoms with E-state index < -0.39 is 0 Å². The third kappa shape index (κ3) is 3.89. The van der Waals surface area contributed by atoms with Crippen molar-refractivity contribution in [2.24, 2.45) is 0 Å². The van der Waals surface area contributed by atoms with Gasteiger partial charge in [-0.05, 0) is 38.0 Å². The zero-order valence-corrected chi connectivity index (χ0v) is 15.4. The van der Waals surface area contributed by atoms with Crippen LogP contribution >= 0.6 is 0 Å². The van der Waals surface area contributed by atoms with Crippen molar-refractivity contribution in [1.82, 2.24) is 30.3 Å². The number of nitrogens with zero attached hydrogens (tertiary/aromatic N) is 5. The molecule has 140 valence electrons. The van der Waals surface area contributed by atoms with E-state index in [2.05, 4.69) is 35.6 Å². The summed E-state index contributed by atoms with van der Waals surface area (Å²) in [6, 6.07) is 7.65. The summed E-state index contributed by atoms with van der Waals surface area (Å²) in [5.74, 6) is 0.789. The van der Waals surface area contributed by atoms with Crippen LogP contribution in [0.3, 0.4) is 0 Å². The molecule has 0 radical (unpaired) electrons. The van der Waals surface area contributed by atoms with Crippen LogP contribution in [0.4, 0.5) is 10.5 Å². The minimum absolute atomic E-state index is 0.282. The van der Waals surface area contributed by atoms with E-state index in [-0.39, 0.29) is 6.03 Å². The summed E-state index contributed by atoms with van der Waals surface area (Å²) >= 11 is 0. The first-order valence-electron chi connectivity index (χ1n) is 9.37. The highest BCUT2D eigenvalue weighted by Gasteiger charge is 2.18. The lowest BCUT2D eigenvalue weighted by molar-refractivity contribution is 0.251. The number of rotatable bonds is 4. The Morgan fingerprint density at radius 1 is 1.19 bits per heavy atom. The molecule has 0 unspecified atom stereocenters. The van der Waals surface area contributed by atoms with Gasteiger partial charge >= 0.3 is 6.03 Å². The molecule has 0 spiro atoms. The van der Waals surface area contributed by atoms with E-state index in [1.807, 2.05) is 31.2 Å². The monoisotopic (exact) mass is 365 g/mol. The summed E-state index contributed by atoms with van der Waals surface area (Å²) in [4.78, 5) is 12.4. The Balaban J connectivity index is 1.42. The average Bonchev–Trinajstić information content (AvgIpc) is 3.16. The largest absolute Gasteiger partial charge is 0.331 e. The maximum absolute atomic E-state index is 12.4. The molecule has 27 heavy (non-hydrogen) atoms. The topological polar surface area (TPSA) is 97.6 Å². The summed E-state index contributed by atoms with van der Waals surface area (Å²) < 4.78 is 2.11. The Labute approximate surface area is 157 Å². The lowest BCUT2D eigenvalue weighted by Crippen LogP contribution is -2.30. The van der Waals surface area contributed by atoms with Gasteiger partial charge in [-0.25, -0.2) is 4.79 Å². The first-order chi connectivity index (χ1) is 13.2. The number of carbonyl (C=O) groups excluding carboxylic acids is 1. The van der Waals surface area contributed by atoms with Crippen LogP contribution < -0.4 is 10.6 Å². The van der Waals surface area contributed by atoms with Crippen LogP contribution in [-0.4, -0.2) is 31.0 Å². The molecule has 1 fully saturated rings. The third-order valence-corrected chi connectivity index (χ3v) is 5.02. The second kappa shape index (κ2) is 7.69. The van der Waals surface area contributed by atoms with Gasteiger partial charge in [0.1, 0.15) is 6.33 Å². The van der Waals surface area contributed by atoms with Gasteiger partial charge in [0.05, 0.1) is 23.4 Å². The molecular formula is C19H23N7O. The summed E-state index contributed by atoms with van der Waals surface area (Å²) in [6.07, 6.45) is 7.83. The molecule has 1 aliphatic carbocycles. The van der Waals surface area contributed by atoms with E-state index in [0.29, 0.717) is 18.3 Å². The van der Waals surface area contributed by atoms with Gasteiger partial charge < -0.3 is 15.2 Å². The first-order valence-corrected chi connectivity index (χ1v) is 9.37. The number of benzene rings is 1. The number of hydrogen-bond acceptors (Lipinski definition) is 5. The highest BCUT2D eigenvalue weighted by Crippen LogP contribution is 2.28. The quantitative estimate of drug-likeness (QED) is 0.739. The molecule has 3 aromatic rings. The predicted molar refractivity (Wildman–Crippen MR) is 102 cm³/mol. The van der Waals surface area contributed by atoms with Gasteiger partial charge in [-0.1, -0.05) is 25.3 Å². The van der Waals surface area contributed by atoms with Gasteiger partial charge in [0.15, 0.2) is 5.82 Å². The van der Waals surface area contributed by atoms with Crippen molar-refractivity contribution in [3.05, 3.63) is 42.1 Å². The molecule has 4 rings (SSSR count). The number of amides is 2. The number of aryl methyl sites for hydroxylation is 1. The molecule has 1 aliphatic rings. The number of carbonyl (C=O) groups is 1. The maximum atomic E-state index is 12.4. The minimum atomic E-state index is -0.282. The van der Waals surface area contributed by atoms with Crippen LogP contribution in [0.5, 0.6) is 0 Å². The summed E-state index contributed by atoms with van der Waals surface area (Å²) in [7, 11) is 0. The molecular weight excluding hydrogens is 342 g/mol. The second-order valence-corrected chi connectivity index (χ2v) is 6.98. The van der Waals surface area contributed by atoms with Crippen LogP contribution in [0.15, 0.2) is 30.6 Å². The molecule has 8 nitrogen and oxygen atoms in total. The summed E-state index contributed by atoms with van der Waals surface area (Å²) in [6.45, 7) is 2.22. The summed E-state index contributed by atoms with van der Waals surface area (Å²) in [5.41, 5.74) is 2.25. The lowest BCUT2D eigenvalue weighted by atomic mass is 9.95. The van der Waals surface area contributed by atoms with Crippen molar-refractivity contribution < 1.29 is 4.79 Å². The Morgan fingerprint density at radius 2 is 2.04 bits per heavy atom. The number of anilines is 1. The molecule has 1 saturated carbocycles. The number of nitrogens with one attached hydrogen (secondary N) is 2. The number of aromatic nitrogens is 5. The number of urea groups is 1. The van der Waals surface area contributed by atoms with Crippen molar-refractivity contribution in [3.63, 3.8) is 0 Å². The normalized spacial score (nSPS) is 15.0. The fraction of sp³-hybridized carbons (Fsp3) is 0.421. The maximum Gasteiger partial charge on any atom is 0.319 e. The van der Waals surface area contributed by atoms with Crippen molar-refractivity contribution >= 4 is 22.6 Å². The highest BCUT2D eigenvalue weighted by atomic mass is 16.2. The fourth-order valence-corrected chi connectivity index (χ4v) is 3.65. The van der Waals surface area contributed by atoms with Gasteiger partial charge in [-0.3, -0.25) is 0 Å². The van der Waals surface area contributed by atoms with Crippen molar-refractivity contribution in [2.45, 2.75) is 51.6 Å². The standard InChI is InChI=1S/C19H23N7O/c1-13-10-15-16(8-5-9-17(15)24-23-13)22-19(27)20-11-18-25-21-12-26(18)14-6-3-2-4-7-14/h5,8-10,12,14H,2-4,6-7,11H2,1H3,(H2,20,22,27). The predicted octanol–water partition coefficient (Wildman–Crippen LogP) is 3.36. The molecule has 2 amide bonds. The zero-order valence-electron chi connectivity index (χ0n) is 15.4. The Kier molecular flexibility index (Phi) is 4.95. The van der Waals surface area contributed by atoms with Crippen LogP contribution in [0, 0.1) is 6.92 Å². The molecule has 2 N–H and O–H groups in total. The van der Waals surface area contributed by atoms with Crippen molar-refractivity contribution in [1.29, 1.82) is 0 Å². The van der Waals surface area contributed by atoms with E-state index in [4.69, 9.17) is 0 Å². The fourth-order valence-electron chi connectivity index (χ4n) is 3.65. The smallest absolute Gasteiger partial charge is 0.319 e. The van der Waals surface area contributed by atoms with Crippen LogP contribution in [0.25, 0.3) is 10.9 Å². The van der Waals surface area contributed by atoms with Crippen LogP contribution in [0.1, 0.15) is 49.7 Å². The summed E-state index contributed by atoms with van der Waals surface area (Å²) in [5, 5.41) is 23.1. The van der Waals surface area contributed by atoms with Crippen LogP contribution in [-0.2, 0) is 6.54 Å². The number of hydrogen-bond donors (Lipinski definition) is 2. The van der Waals surface area contributed by atoms with E-state index in [0.717, 1.165) is 35.3 Å². The van der Waals surface area contributed by atoms with Crippen molar-refractivity contribution in [2.75, 3.05) is 5.32 Å². The van der Waals surface area contributed by atoms with Gasteiger partial charge in [-0.2, -0.15) is 10.2 Å². The Hall–Kier alpha value is -3.03. The van der Waals surface area contributed by atoms with E-state index in [1.165, 1.54) is 19.3 Å². The van der Waals surface area contributed by atoms with E-state index >= 15 is 0 Å². The Morgan fingerprint density at radius 3 is 2.89 bits per heavy atom. The molecule has 2 aromatic heterocycles.